The van der Waals surface area contributed by atoms with Crippen molar-refractivity contribution in [1.82, 2.24) is 4.98 Å². The highest BCUT2D eigenvalue weighted by Gasteiger charge is 2.29. The second-order valence-electron chi connectivity index (χ2n) is 5.95. The minimum Gasteiger partial charge on any atom is -0.465 e. The monoisotopic (exact) mass is 408 g/mol. The summed E-state index contributed by atoms with van der Waals surface area (Å²) in [5.74, 6) is -2.28. The van der Waals surface area contributed by atoms with Crippen LogP contribution < -0.4 is 0 Å². The molecule has 0 radical (unpaired) electrons. The Hall–Kier alpha value is -3.20. The van der Waals surface area contributed by atoms with Gasteiger partial charge in [-0.05, 0) is 38.5 Å². The fraction of sp³-hybridized carbons (Fsp3) is 0.278. The number of carbonyl (C=O) groups excluding carboxylic acids is 3. The van der Waals surface area contributed by atoms with Gasteiger partial charge in [-0.15, -0.1) is 0 Å². The summed E-state index contributed by atoms with van der Waals surface area (Å²) >= 11 is 5.80. The fourth-order valence-electron chi connectivity index (χ4n) is 2.72. The summed E-state index contributed by atoms with van der Waals surface area (Å²) in [7, 11) is 1.22. The van der Waals surface area contributed by atoms with Crippen molar-refractivity contribution in [3.8, 4) is 0 Å². The van der Waals surface area contributed by atoms with E-state index in [1.54, 1.807) is 13.8 Å². The first-order valence-corrected chi connectivity index (χ1v) is 8.42. The van der Waals surface area contributed by atoms with Gasteiger partial charge in [0.05, 0.1) is 23.3 Å². The Bertz CT molecular complexity index is 981. The second-order valence-corrected chi connectivity index (χ2v) is 6.38. The Balaban J connectivity index is 2.29. The van der Waals surface area contributed by atoms with Gasteiger partial charge in [-0.2, -0.15) is 0 Å². The molecule has 0 amide bonds. The highest BCUT2D eigenvalue weighted by atomic mass is 35.5. The number of rotatable bonds is 6. The van der Waals surface area contributed by atoms with Gasteiger partial charge in [-0.3, -0.25) is 14.9 Å². The van der Waals surface area contributed by atoms with Crippen LogP contribution in [-0.4, -0.2) is 40.8 Å². The molecule has 28 heavy (non-hydrogen) atoms. The first-order valence-electron chi connectivity index (χ1n) is 8.05. The number of ether oxygens (including phenoxy) is 2. The molecule has 1 heterocycles. The Kier molecular flexibility index (Phi) is 6.19. The smallest absolute Gasteiger partial charge is 0.345 e. The van der Waals surface area contributed by atoms with E-state index >= 15 is 0 Å². The lowest BCUT2D eigenvalue weighted by Gasteiger charge is -2.12. The van der Waals surface area contributed by atoms with E-state index in [1.165, 1.54) is 20.1 Å². The molecule has 2 rings (SSSR count). The van der Waals surface area contributed by atoms with Crippen molar-refractivity contribution in [2.75, 3.05) is 7.11 Å². The molecule has 0 spiro atoms. The van der Waals surface area contributed by atoms with Crippen LogP contribution in [0.2, 0.25) is 5.02 Å². The average Bonchev–Trinajstić information content (AvgIpc) is 2.94. The van der Waals surface area contributed by atoms with Crippen LogP contribution in [0.5, 0.6) is 0 Å². The molecule has 0 aliphatic heterocycles. The number of hydrogen-bond donors (Lipinski definition) is 1. The molecule has 0 aliphatic rings. The highest BCUT2D eigenvalue weighted by Crippen LogP contribution is 2.25. The minimum absolute atomic E-state index is 0.0822. The van der Waals surface area contributed by atoms with Crippen molar-refractivity contribution in [2.24, 2.45) is 0 Å². The number of carbonyl (C=O) groups is 3. The van der Waals surface area contributed by atoms with Crippen LogP contribution in [0.25, 0.3) is 0 Å². The van der Waals surface area contributed by atoms with Gasteiger partial charge in [-0.25, -0.2) is 9.59 Å². The Morgan fingerprint density at radius 2 is 1.86 bits per heavy atom. The third kappa shape index (κ3) is 4.04. The lowest BCUT2D eigenvalue weighted by atomic mass is 10.1. The van der Waals surface area contributed by atoms with E-state index < -0.39 is 34.4 Å². The number of nitrogens with zero attached hydrogens (tertiary/aromatic N) is 1. The molecule has 1 aromatic heterocycles. The van der Waals surface area contributed by atoms with Crippen molar-refractivity contribution in [2.45, 2.75) is 26.9 Å². The minimum atomic E-state index is -1.27. The number of halogens is 1. The maximum absolute atomic E-state index is 12.7. The van der Waals surface area contributed by atoms with Gasteiger partial charge in [-0.1, -0.05) is 11.6 Å². The molecule has 2 aromatic rings. The van der Waals surface area contributed by atoms with E-state index in [9.17, 15) is 24.5 Å². The predicted octanol–water partition coefficient (Wildman–Crippen LogP) is 3.41. The second kappa shape index (κ2) is 8.22. The topological polar surface area (TPSA) is 129 Å². The van der Waals surface area contributed by atoms with Crippen molar-refractivity contribution >= 4 is 35.0 Å². The van der Waals surface area contributed by atoms with Crippen LogP contribution in [0.3, 0.4) is 0 Å². The van der Waals surface area contributed by atoms with E-state index in [0.29, 0.717) is 11.3 Å². The van der Waals surface area contributed by atoms with Gasteiger partial charge in [0, 0.05) is 16.8 Å². The average molecular weight is 409 g/mol. The normalized spacial score (nSPS) is 11.6. The number of aromatic amines is 1. The van der Waals surface area contributed by atoms with Crippen LogP contribution >= 0.6 is 11.6 Å². The molecule has 0 unspecified atom stereocenters. The molecule has 0 fully saturated rings. The van der Waals surface area contributed by atoms with Crippen molar-refractivity contribution in [3.05, 3.63) is 61.4 Å². The number of Topliss-reactive ketones (excluding diaryl/α,β-unsaturated/α-hetero) is 1. The van der Waals surface area contributed by atoms with Gasteiger partial charge < -0.3 is 14.5 Å². The predicted molar refractivity (Wildman–Crippen MR) is 98.9 cm³/mol. The largest absolute Gasteiger partial charge is 0.465 e. The molecule has 0 saturated carbocycles. The summed E-state index contributed by atoms with van der Waals surface area (Å²) in [6.07, 6.45) is -1.27. The van der Waals surface area contributed by atoms with Gasteiger partial charge >= 0.3 is 11.9 Å². The molecule has 10 heteroatoms. The summed E-state index contributed by atoms with van der Waals surface area (Å²) in [5, 5.41) is 11.2. The molecule has 9 nitrogen and oxygen atoms in total. The highest BCUT2D eigenvalue weighted by molar-refractivity contribution is 6.31. The molecule has 1 aromatic carbocycles. The van der Waals surface area contributed by atoms with Crippen molar-refractivity contribution in [1.29, 1.82) is 0 Å². The maximum atomic E-state index is 12.7. The Morgan fingerprint density at radius 3 is 2.43 bits per heavy atom. The third-order valence-corrected chi connectivity index (χ3v) is 4.34. The number of esters is 2. The zero-order valence-corrected chi connectivity index (χ0v) is 16.2. The zero-order chi connectivity index (χ0) is 21.2. The summed E-state index contributed by atoms with van der Waals surface area (Å²) in [4.78, 5) is 50.0. The number of methoxy groups -OCH3 is 1. The van der Waals surface area contributed by atoms with E-state index in [4.69, 9.17) is 16.3 Å². The lowest BCUT2D eigenvalue weighted by molar-refractivity contribution is -0.385. The number of nitro benzene ring substituents is 1. The van der Waals surface area contributed by atoms with Crippen molar-refractivity contribution in [3.63, 3.8) is 0 Å². The van der Waals surface area contributed by atoms with Crippen LogP contribution in [0.15, 0.2) is 18.2 Å². The van der Waals surface area contributed by atoms with Crippen molar-refractivity contribution < 1.29 is 28.8 Å². The lowest BCUT2D eigenvalue weighted by Crippen LogP contribution is -2.25. The first kappa shape index (κ1) is 21.1. The van der Waals surface area contributed by atoms with E-state index in [2.05, 4.69) is 9.72 Å². The Morgan fingerprint density at radius 1 is 1.21 bits per heavy atom. The molecular formula is C18H17ClN2O7. The van der Waals surface area contributed by atoms with Gasteiger partial charge in [0.2, 0.25) is 5.78 Å². The van der Waals surface area contributed by atoms with Gasteiger partial charge in [0.15, 0.2) is 6.10 Å². The number of benzene rings is 1. The maximum Gasteiger partial charge on any atom is 0.345 e. The van der Waals surface area contributed by atoms with Crippen LogP contribution in [0, 0.1) is 24.0 Å². The van der Waals surface area contributed by atoms with Crippen LogP contribution in [0.4, 0.5) is 5.69 Å². The summed E-state index contributed by atoms with van der Waals surface area (Å²) in [5.41, 5.74) is 0.219. The van der Waals surface area contributed by atoms with Gasteiger partial charge in [0.1, 0.15) is 5.56 Å². The number of ketones is 1. The zero-order valence-electron chi connectivity index (χ0n) is 15.5. The number of nitro groups is 1. The molecule has 0 bridgehead atoms. The molecular weight excluding hydrogens is 392 g/mol. The molecule has 1 N–H and O–H groups in total. The number of H-pyrrole nitrogens is 1. The molecule has 0 aliphatic carbocycles. The number of aryl methyl sites for hydroxylation is 1. The molecule has 148 valence electrons. The first-order chi connectivity index (χ1) is 13.1. The number of nitrogens with one attached hydrogen (secondary N) is 1. The van der Waals surface area contributed by atoms with E-state index in [-0.39, 0.29) is 21.8 Å². The van der Waals surface area contributed by atoms with Crippen LogP contribution in [-0.2, 0) is 9.47 Å². The fourth-order valence-corrected chi connectivity index (χ4v) is 2.89. The summed E-state index contributed by atoms with van der Waals surface area (Å²) in [6.45, 7) is 4.48. The Labute approximate surface area is 164 Å². The number of aromatic nitrogens is 1. The SMILES string of the molecule is COC(=O)c1c(C)[nH]c(C(=O)[C@@H](C)OC(=O)c2cc(Cl)ccc2[N+](=O)[O-])c1C. The molecule has 1 atom stereocenters. The van der Waals surface area contributed by atoms with Gasteiger partial charge in [0.25, 0.3) is 5.69 Å². The van der Waals surface area contributed by atoms with E-state index in [1.807, 2.05) is 0 Å². The summed E-state index contributed by atoms with van der Waals surface area (Å²) < 4.78 is 9.79. The number of hydrogen-bond acceptors (Lipinski definition) is 7. The quantitative estimate of drug-likeness (QED) is 0.335. The van der Waals surface area contributed by atoms with Crippen LogP contribution in [0.1, 0.15) is 49.4 Å². The summed E-state index contributed by atoms with van der Waals surface area (Å²) in [6, 6.07) is 3.44. The standard InChI is InChI=1S/C18H17ClN2O7/c1-8-14(18(24)27-4)9(2)20-15(8)16(22)10(3)28-17(23)12-7-11(19)5-6-13(12)21(25)26/h5-7,10,20H,1-4H3/t10-/m1/s1. The third-order valence-electron chi connectivity index (χ3n) is 4.10. The molecule has 0 saturated heterocycles. The van der Waals surface area contributed by atoms with E-state index in [0.717, 1.165) is 12.1 Å².